The molecule has 2 aromatic rings. The second-order valence-electron chi connectivity index (χ2n) is 3.73. The second kappa shape index (κ2) is 4.58. The van der Waals surface area contributed by atoms with Crippen LogP contribution in [0.2, 0.25) is 0 Å². The van der Waals surface area contributed by atoms with Crippen LogP contribution in [-0.4, -0.2) is 0 Å². The Labute approximate surface area is 100 Å². The van der Waals surface area contributed by atoms with Crippen LogP contribution >= 0.6 is 0 Å². The van der Waals surface area contributed by atoms with Gasteiger partial charge in [0.15, 0.2) is 0 Å². The molecule has 2 N–H and O–H groups in total. The van der Waals surface area contributed by atoms with Crippen molar-refractivity contribution in [2.75, 3.05) is 5.73 Å². The molecule has 0 spiro atoms. The lowest BCUT2D eigenvalue weighted by atomic mass is 10.1. The lowest BCUT2D eigenvalue weighted by molar-refractivity contribution is 0.479. The van der Waals surface area contributed by atoms with Crippen LogP contribution in [0.4, 0.5) is 5.69 Å². The van der Waals surface area contributed by atoms with Gasteiger partial charge >= 0.3 is 0 Å². The minimum absolute atomic E-state index is 0.432. The fourth-order valence-corrected chi connectivity index (χ4v) is 1.53. The molecule has 0 aliphatic rings. The first-order chi connectivity index (χ1) is 8.20. The predicted octanol–water partition coefficient (Wildman–Crippen LogP) is 3.24. The lowest BCUT2D eigenvalue weighted by Gasteiger charge is -2.10. The number of ether oxygens (including phenoxy) is 1. The molecule has 17 heavy (non-hydrogen) atoms. The van der Waals surface area contributed by atoms with Gasteiger partial charge in [-0.25, -0.2) is 0 Å². The van der Waals surface area contributed by atoms with Crippen LogP contribution < -0.4 is 10.5 Å². The van der Waals surface area contributed by atoms with E-state index < -0.39 is 0 Å². The third-order valence-electron chi connectivity index (χ3n) is 2.44. The van der Waals surface area contributed by atoms with Crippen molar-refractivity contribution in [1.82, 2.24) is 0 Å². The highest BCUT2D eigenvalue weighted by molar-refractivity contribution is 5.60. The molecule has 0 aliphatic heterocycles. The maximum Gasteiger partial charge on any atom is 0.131 e. The summed E-state index contributed by atoms with van der Waals surface area (Å²) in [6.07, 6.45) is 0. The molecular weight excluding hydrogens is 212 g/mol. The second-order valence-corrected chi connectivity index (χ2v) is 3.73. The molecule has 0 atom stereocenters. The summed E-state index contributed by atoms with van der Waals surface area (Å²) in [7, 11) is 0. The molecule has 0 aliphatic carbocycles. The molecular formula is C14H12N2O. The van der Waals surface area contributed by atoms with Crippen LogP contribution in [0, 0.1) is 18.3 Å². The van der Waals surface area contributed by atoms with Crippen LogP contribution in [-0.2, 0) is 0 Å². The highest BCUT2D eigenvalue weighted by Gasteiger charge is 2.06. The van der Waals surface area contributed by atoms with Gasteiger partial charge in [0.1, 0.15) is 17.6 Å². The van der Waals surface area contributed by atoms with E-state index in [0.717, 1.165) is 11.3 Å². The Bertz CT molecular complexity index is 571. The fraction of sp³-hybridized carbons (Fsp3) is 0.0714. The first-order valence-electron chi connectivity index (χ1n) is 5.24. The number of anilines is 1. The van der Waals surface area contributed by atoms with Crippen molar-refractivity contribution in [3.05, 3.63) is 53.6 Å². The Hall–Kier alpha value is -2.47. The Morgan fingerprint density at radius 2 is 1.88 bits per heavy atom. The number of aryl methyl sites for hydroxylation is 1. The summed E-state index contributed by atoms with van der Waals surface area (Å²) in [6.45, 7) is 1.90. The number of para-hydroxylation sites is 1. The predicted molar refractivity (Wildman–Crippen MR) is 66.8 cm³/mol. The average molecular weight is 224 g/mol. The van der Waals surface area contributed by atoms with E-state index in [-0.39, 0.29) is 0 Å². The van der Waals surface area contributed by atoms with E-state index in [1.165, 1.54) is 0 Å². The average Bonchev–Trinajstić information content (AvgIpc) is 2.34. The smallest absolute Gasteiger partial charge is 0.131 e. The number of hydrogen-bond donors (Lipinski definition) is 1. The number of nitrogen functional groups attached to an aromatic ring is 1. The van der Waals surface area contributed by atoms with Crippen molar-refractivity contribution in [1.29, 1.82) is 5.26 Å². The van der Waals surface area contributed by atoms with Crippen molar-refractivity contribution < 1.29 is 4.74 Å². The van der Waals surface area contributed by atoms with Gasteiger partial charge in [0.2, 0.25) is 0 Å². The maximum absolute atomic E-state index is 8.91. The van der Waals surface area contributed by atoms with E-state index in [1.807, 2.05) is 43.3 Å². The molecule has 0 radical (unpaired) electrons. The van der Waals surface area contributed by atoms with Gasteiger partial charge in [-0.3, -0.25) is 0 Å². The molecule has 0 saturated carbocycles. The zero-order valence-corrected chi connectivity index (χ0v) is 9.47. The van der Waals surface area contributed by atoms with Crippen LogP contribution in [0.5, 0.6) is 11.5 Å². The molecule has 2 rings (SSSR count). The summed E-state index contributed by atoms with van der Waals surface area (Å²) in [5.41, 5.74) is 7.53. The van der Waals surface area contributed by atoms with E-state index in [1.54, 1.807) is 12.1 Å². The molecule has 2 aromatic carbocycles. The number of hydrogen-bond acceptors (Lipinski definition) is 3. The Morgan fingerprint density at radius 1 is 1.18 bits per heavy atom. The minimum Gasteiger partial charge on any atom is -0.457 e. The van der Waals surface area contributed by atoms with Crippen molar-refractivity contribution in [2.45, 2.75) is 6.92 Å². The molecule has 0 fully saturated rings. The number of nitrogens with two attached hydrogens (primary N) is 1. The molecule has 0 aromatic heterocycles. The van der Waals surface area contributed by atoms with Crippen LogP contribution in [0.15, 0.2) is 42.5 Å². The zero-order chi connectivity index (χ0) is 12.3. The van der Waals surface area contributed by atoms with Crippen molar-refractivity contribution in [3.8, 4) is 17.6 Å². The summed E-state index contributed by atoms with van der Waals surface area (Å²) < 4.78 is 5.70. The van der Waals surface area contributed by atoms with Crippen molar-refractivity contribution >= 4 is 5.69 Å². The van der Waals surface area contributed by atoms with Crippen LogP contribution in [0.3, 0.4) is 0 Å². The normalized spacial score (nSPS) is 9.65. The van der Waals surface area contributed by atoms with E-state index in [4.69, 9.17) is 15.7 Å². The third kappa shape index (κ3) is 2.37. The summed E-state index contributed by atoms with van der Waals surface area (Å²) in [4.78, 5) is 0. The number of nitriles is 1. The summed E-state index contributed by atoms with van der Waals surface area (Å²) in [6, 6.07) is 14.9. The number of nitrogens with zero attached hydrogens (tertiary/aromatic N) is 1. The molecule has 0 saturated heterocycles. The van der Waals surface area contributed by atoms with Crippen molar-refractivity contribution in [2.24, 2.45) is 0 Å². The monoisotopic (exact) mass is 224 g/mol. The molecule has 3 nitrogen and oxygen atoms in total. The molecule has 0 amide bonds. The van der Waals surface area contributed by atoms with E-state index in [2.05, 4.69) is 0 Å². The summed E-state index contributed by atoms with van der Waals surface area (Å²) in [5, 5.41) is 8.91. The fourth-order valence-electron chi connectivity index (χ4n) is 1.53. The topological polar surface area (TPSA) is 59.0 Å². The first-order valence-corrected chi connectivity index (χ1v) is 5.24. The molecule has 0 unspecified atom stereocenters. The van der Waals surface area contributed by atoms with Crippen LogP contribution in [0.25, 0.3) is 0 Å². The largest absolute Gasteiger partial charge is 0.457 e. The van der Waals surface area contributed by atoms with Gasteiger partial charge in [-0.05, 0) is 30.7 Å². The molecule has 0 bridgehead atoms. The highest BCUT2D eigenvalue weighted by atomic mass is 16.5. The van der Waals surface area contributed by atoms with E-state index in [0.29, 0.717) is 17.0 Å². The molecule has 3 heteroatoms. The quantitative estimate of drug-likeness (QED) is 0.796. The maximum atomic E-state index is 8.91. The zero-order valence-electron chi connectivity index (χ0n) is 9.47. The minimum atomic E-state index is 0.432. The Kier molecular flexibility index (Phi) is 2.97. The van der Waals surface area contributed by atoms with Gasteiger partial charge in [-0.2, -0.15) is 5.26 Å². The SMILES string of the molecule is Cc1cc(N)c(C#N)cc1Oc1ccccc1. The van der Waals surface area contributed by atoms with Gasteiger partial charge in [0, 0.05) is 11.8 Å². The first kappa shape index (κ1) is 11.0. The Balaban J connectivity index is 2.37. The Morgan fingerprint density at radius 3 is 2.53 bits per heavy atom. The number of benzene rings is 2. The summed E-state index contributed by atoms with van der Waals surface area (Å²) in [5.74, 6) is 1.39. The lowest BCUT2D eigenvalue weighted by Crippen LogP contribution is -1.94. The highest BCUT2D eigenvalue weighted by Crippen LogP contribution is 2.28. The van der Waals surface area contributed by atoms with Gasteiger partial charge in [-0.1, -0.05) is 18.2 Å². The van der Waals surface area contributed by atoms with Gasteiger partial charge in [-0.15, -0.1) is 0 Å². The van der Waals surface area contributed by atoms with Crippen molar-refractivity contribution in [3.63, 3.8) is 0 Å². The molecule has 0 heterocycles. The number of rotatable bonds is 2. The molecule has 84 valence electrons. The summed E-state index contributed by atoms with van der Waals surface area (Å²) >= 11 is 0. The van der Waals surface area contributed by atoms with Crippen LogP contribution in [0.1, 0.15) is 11.1 Å². The third-order valence-corrected chi connectivity index (χ3v) is 2.44. The van der Waals surface area contributed by atoms with Gasteiger partial charge < -0.3 is 10.5 Å². The van der Waals surface area contributed by atoms with Gasteiger partial charge in [0.05, 0.1) is 5.56 Å². The van der Waals surface area contributed by atoms with Gasteiger partial charge in [0.25, 0.3) is 0 Å². The standard InChI is InChI=1S/C14H12N2O/c1-10-7-13(16)11(9-15)8-14(10)17-12-5-3-2-4-6-12/h2-8H,16H2,1H3. The van der Waals surface area contributed by atoms with E-state index >= 15 is 0 Å². The van der Waals surface area contributed by atoms with E-state index in [9.17, 15) is 0 Å².